The van der Waals surface area contributed by atoms with Crippen molar-refractivity contribution in [1.82, 2.24) is 0 Å². The lowest BCUT2D eigenvalue weighted by atomic mass is 10.0. The van der Waals surface area contributed by atoms with Gasteiger partial charge in [-0.2, -0.15) is 0 Å². The minimum absolute atomic E-state index is 0.299. The van der Waals surface area contributed by atoms with Gasteiger partial charge in [-0.15, -0.1) is 0 Å². The predicted octanol–water partition coefficient (Wildman–Crippen LogP) is 3.80. The number of nitrogens with zero attached hydrogens (tertiary/aromatic N) is 1. The molecule has 1 N–H and O–H groups in total. The topological polar surface area (TPSA) is 23.5 Å². The van der Waals surface area contributed by atoms with Crippen LogP contribution in [0.5, 0.6) is 0 Å². The first-order valence-electron chi connectivity index (χ1n) is 7.11. The third-order valence-electron chi connectivity index (χ3n) is 3.91. The Morgan fingerprint density at radius 1 is 1.14 bits per heavy atom. The zero-order valence-corrected chi connectivity index (χ0v) is 11.6. The lowest BCUT2D eigenvalue weighted by Gasteiger charge is -2.25. The van der Waals surface area contributed by atoms with Crippen molar-refractivity contribution in [2.45, 2.75) is 25.5 Å². The predicted molar refractivity (Wildman–Crippen MR) is 78.0 cm³/mol. The summed E-state index contributed by atoms with van der Waals surface area (Å²) in [5, 5.41) is 10.2. The van der Waals surface area contributed by atoms with E-state index in [1.165, 1.54) is 6.07 Å². The molecule has 0 amide bonds. The van der Waals surface area contributed by atoms with Crippen LogP contribution in [-0.4, -0.2) is 11.7 Å². The first kappa shape index (κ1) is 14.0. The number of para-hydroxylation sites is 1. The smallest absolute Gasteiger partial charge is 0.128 e. The summed E-state index contributed by atoms with van der Waals surface area (Å²) in [4.78, 5) is 2.00. The number of hydrogen-bond donors (Lipinski definition) is 1. The van der Waals surface area contributed by atoms with Crippen molar-refractivity contribution in [3.8, 4) is 0 Å². The highest BCUT2D eigenvalue weighted by Crippen LogP contribution is 2.33. The maximum atomic E-state index is 13.8. The van der Waals surface area contributed by atoms with Crippen molar-refractivity contribution >= 4 is 5.69 Å². The first-order valence-corrected chi connectivity index (χ1v) is 7.11. The van der Waals surface area contributed by atoms with Crippen LogP contribution in [0.25, 0.3) is 0 Å². The molecule has 0 fully saturated rings. The largest absolute Gasteiger partial charge is 0.388 e. The lowest BCUT2D eigenvalue weighted by molar-refractivity contribution is 0.168. The fraction of sp³-hybridized carbons (Fsp3) is 0.294. The van der Waals surface area contributed by atoms with E-state index in [1.54, 1.807) is 0 Å². The van der Waals surface area contributed by atoms with E-state index in [0.29, 0.717) is 25.1 Å². The van der Waals surface area contributed by atoms with Gasteiger partial charge in [0.2, 0.25) is 0 Å². The van der Waals surface area contributed by atoms with E-state index in [1.807, 2.05) is 29.2 Å². The second kappa shape index (κ2) is 5.82. The van der Waals surface area contributed by atoms with E-state index >= 15 is 0 Å². The molecule has 0 spiro atoms. The van der Waals surface area contributed by atoms with Crippen LogP contribution in [0.1, 0.15) is 30.1 Å². The highest BCUT2D eigenvalue weighted by atomic mass is 19.1. The van der Waals surface area contributed by atoms with E-state index in [0.717, 1.165) is 29.8 Å². The summed E-state index contributed by atoms with van der Waals surface area (Å²) in [6.07, 6.45) is 0.995. The minimum Gasteiger partial charge on any atom is -0.388 e. The fourth-order valence-corrected chi connectivity index (χ4v) is 2.84. The summed E-state index contributed by atoms with van der Waals surface area (Å²) < 4.78 is 27.2. The fourth-order valence-electron chi connectivity index (χ4n) is 2.84. The van der Waals surface area contributed by atoms with Gasteiger partial charge >= 0.3 is 0 Å². The van der Waals surface area contributed by atoms with Crippen molar-refractivity contribution in [3.63, 3.8) is 0 Å². The molecule has 0 radical (unpaired) electrons. The maximum absolute atomic E-state index is 13.8. The molecule has 0 bridgehead atoms. The van der Waals surface area contributed by atoms with E-state index in [4.69, 9.17) is 0 Å². The van der Waals surface area contributed by atoms with Gasteiger partial charge in [-0.05, 0) is 37.1 Å². The zero-order chi connectivity index (χ0) is 14.8. The third-order valence-corrected chi connectivity index (χ3v) is 3.91. The first-order chi connectivity index (χ1) is 10.1. The summed E-state index contributed by atoms with van der Waals surface area (Å²) in [6, 6.07) is 11.1. The number of aliphatic hydroxyl groups is 1. The lowest BCUT2D eigenvalue weighted by Crippen LogP contribution is -2.24. The normalized spacial score (nSPS) is 18.2. The van der Waals surface area contributed by atoms with Gasteiger partial charge in [0, 0.05) is 29.9 Å². The van der Waals surface area contributed by atoms with Gasteiger partial charge in [0.1, 0.15) is 11.6 Å². The molecule has 2 aromatic rings. The van der Waals surface area contributed by atoms with Crippen molar-refractivity contribution in [2.75, 3.05) is 11.4 Å². The summed E-state index contributed by atoms with van der Waals surface area (Å²) in [5.41, 5.74) is 2.08. The molecular formula is C17H17F2NO. The summed E-state index contributed by atoms with van der Waals surface area (Å²) in [5.74, 6) is -0.840. The number of rotatable bonds is 2. The molecule has 3 rings (SSSR count). The highest BCUT2D eigenvalue weighted by molar-refractivity contribution is 5.55. The second-order valence-corrected chi connectivity index (χ2v) is 5.37. The van der Waals surface area contributed by atoms with Gasteiger partial charge in [-0.3, -0.25) is 0 Å². The molecule has 0 aliphatic carbocycles. The van der Waals surface area contributed by atoms with Crippen molar-refractivity contribution < 1.29 is 13.9 Å². The highest BCUT2D eigenvalue weighted by Gasteiger charge is 2.21. The van der Waals surface area contributed by atoms with Crippen molar-refractivity contribution in [1.29, 1.82) is 0 Å². The molecule has 1 aliphatic heterocycles. The molecule has 21 heavy (non-hydrogen) atoms. The molecule has 2 nitrogen and oxygen atoms in total. The monoisotopic (exact) mass is 289 g/mol. The van der Waals surface area contributed by atoms with Crippen LogP contribution in [0.15, 0.2) is 42.5 Å². The van der Waals surface area contributed by atoms with Crippen LogP contribution in [0, 0.1) is 11.6 Å². The van der Waals surface area contributed by atoms with E-state index in [9.17, 15) is 13.9 Å². The van der Waals surface area contributed by atoms with Gasteiger partial charge in [0.05, 0.1) is 6.10 Å². The molecule has 1 atom stereocenters. The summed E-state index contributed by atoms with van der Waals surface area (Å²) in [6.45, 7) is 1.01. The molecule has 2 aromatic carbocycles. The number of hydrogen-bond acceptors (Lipinski definition) is 2. The molecule has 1 unspecified atom stereocenters. The van der Waals surface area contributed by atoms with Gasteiger partial charge in [0.25, 0.3) is 0 Å². The zero-order valence-electron chi connectivity index (χ0n) is 11.6. The summed E-state index contributed by atoms with van der Waals surface area (Å²) >= 11 is 0. The van der Waals surface area contributed by atoms with Gasteiger partial charge < -0.3 is 10.0 Å². The Morgan fingerprint density at radius 2 is 1.95 bits per heavy atom. The van der Waals surface area contributed by atoms with Gasteiger partial charge in [-0.1, -0.05) is 18.2 Å². The molecule has 4 heteroatoms. The number of aliphatic hydroxyl groups excluding tert-OH is 1. The van der Waals surface area contributed by atoms with E-state index < -0.39 is 17.7 Å². The molecule has 1 aliphatic rings. The van der Waals surface area contributed by atoms with Gasteiger partial charge in [0.15, 0.2) is 0 Å². The minimum atomic E-state index is -0.497. The number of fused-ring (bicyclic) bond motifs is 1. The number of halogens is 2. The SMILES string of the molecule is OC1CCCN(Cc2cc(F)ccc2F)c2ccccc21. The average Bonchev–Trinajstić information content (AvgIpc) is 2.64. The van der Waals surface area contributed by atoms with Crippen LogP contribution < -0.4 is 4.90 Å². The Kier molecular flexibility index (Phi) is 3.88. The number of anilines is 1. The quantitative estimate of drug-likeness (QED) is 0.909. The van der Waals surface area contributed by atoms with Crippen LogP contribution in [0.3, 0.4) is 0 Å². The Morgan fingerprint density at radius 3 is 2.81 bits per heavy atom. The van der Waals surface area contributed by atoms with Crippen LogP contribution in [0.2, 0.25) is 0 Å². The van der Waals surface area contributed by atoms with E-state index in [-0.39, 0.29) is 0 Å². The van der Waals surface area contributed by atoms with E-state index in [2.05, 4.69) is 0 Å². The summed E-state index contributed by atoms with van der Waals surface area (Å²) in [7, 11) is 0. The number of benzene rings is 2. The molecule has 0 saturated heterocycles. The molecular weight excluding hydrogens is 272 g/mol. The second-order valence-electron chi connectivity index (χ2n) is 5.37. The molecule has 110 valence electrons. The van der Waals surface area contributed by atoms with Crippen LogP contribution >= 0.6 is 0 Å². The van der Waals surface area contributed by atoms with Crippen LogP contribution in [0.4, 0.5) is 14.5 Å². The van der Waals surface area contributed by atoms with Crippen molar-refractivity contribution in [3.05, 3.63) is 65.2 Å². The molecule has 0 saturated carbocycles. The third kappa shape index (κ3) is 2.90. The molecule has 1 heterocycles. The average molecular weight is 289 g/mol. The van der Waals surface area contributed by atoms with Crippen molar-refractivity contribution in [2.24, 2.45) is 0 Å². The Bertz CT molecular complexity index is 644. The Hall–Kier alpha value is -1.94. The Balaban J connectivity index is 1.95. The van der Waals surface area contributed by atoms with Gasteiger partial charge in [-0.25, -0.2) is 8.78 Å². The Labute approximate surface area is 122 Å². The maximum Gasteiger partial charge on any atom is 0.128 e. The van der Waals surface area contributed by atoms with Crippen LogP contribution in [-0.2, 0) is 6.54 Å². The molecule has 0 aromatic heterocycles. The standard InChI is InChI=1S/C17H17F2NO/c18-13-7-8-15(19)12(10-13)11-20-9-3-6-17(21)14-4-1-2-5-16(14)20/h1-2,4-5,7-8,10,17,21H,3,6,9,11H2.